The van der Waals surface area contributed by atoms with E-state index in [4.69, 9.17) is 9.47 Å². The van der Waals surface area contributed by atoms with E-state index in [9.17, 15) is 9.59 Å². The quantitative estimate of drug-likeness (QED) is 0.697. The van der Waals surface area contributed by atoms with Crippen LogP contribution >= 0.6 is 0 Å². The van der Waals surface area contributed by atoms with Crippen LogP contribution in [0.25, 0.3) is 11.1 Å². The Morgan fingerprint density at radius 1 is 1.20 bits per heavy atom. The molecule has 2 aromatic rings. The Hall–Kier alpha value is -2.77. The molecular formula is C23H29N3O4. The Balaban J connectivity index is 1.88. The molecule has 1 aromatic carbocycles. The lowest BCUT2D eigenvalue weighted by Crippen LogP contribution is -2.61. The van der Waals surface area contributed by atoms with E-state index in [0.29, 0.717) is 32.6 Å². The number of aromatic nitrogens is 1. The summed E-state index contributed by atoms with van der Waals surface area (Å²) in [6.07, 6.45) is 4.19. The third kappa shape index (κ3) is 5.04. The topological polar surface area (TPSA) is 72.0 Å². The second-order valence-corrected chi connectivity index (χ2v) is 7.71. The van der Waals surface area contributed by atoms with Gasteiger partial charge in [0.1, 0.15) is 0 Å². The maximum Gasteiger partial charge on any atom is 0.256 e. The zero-order valence-electron chi connectivity index (χ0n) is 17.8. The van der Waals surface area contributed by atoms with Crippen molar-refractivity contribution in [1.29, 1.82) is 0 Å². The number of carbonyl (C=O) groups is 2. The largest absolute Gasteiger partial charge is 0.384 e. The first-order valence-corrected chi connectivity index (χ1v) is 10.1. The molecule has 2 heterocycles. The van der Waals surface area contributed by atoms with Gasteiger partial charge < -0.3 is 19.3 Å². The standard InChI is InChI=1S/C23H29N3O4/c1-25(2)22(28)23(17-26(12-14-30-23)21(27)9-13-29-3)16-18-5-4-6-20(15-18)19-7-10-24-11-8-19/h4-8,10-11,15H,9,12-14,16-17H2,1-3H3/t23-/m0/s1. The van der Waals surface area contributed by atoms with Crippen molar-refractivity contribution < 1.29 is 19.1 Å². The lowest BCUT2D eigenvalue weighted by molar-refractivity contribution is -0.172. The van der Waals surface area contributed by atoms with Gasteiger partial charge in [0.25, 0.3) is 5.91 Å². The Morgan fingerprint density at radius 3 is 2.67 bits per heavy atom. The fourth-order valence-electron chi connectivity index (χ4n) is 3.80. The Morgan fingerprint density at radius 2 is 1.97 bits per heavy atom. The first-order valence-electron chi connectivity index (χ1n) is 10.1. The molecule has 30 heavy (non-hydrogen) atoms. The van der Waals surface area contributed by atoms with Gasteiger partial charge in [0, 0.05) is 46.6 Å². The number of morpholine rings is 1. The zero-order valence-corrected chi connectivity index (χ0v) is 17.8. The minimum absolute atomic E-state index is 0.0263. The van der Waals surface area contributed by atoms with E-state index in [1.165, 1.54) is 4.90 Å². The average molecular weight is 412 g/mol. The number of nitrogens with zero attached hydrogens (tertiary/aromatic N) is 3. The van der Waals surface area contributed by atoms with Gasteiger partial charge in [-0.3, -0.25) is 14.6 Å². The van der Waals surface area contributed by atoms with Gasteiger partial charge in [-0.1, -0.05) is 24.3 Å². The number of carbonyl (C=O) groups excluding carboxylic acids is 2. The molecule has 2 amide bonds. The second kappa shape index (κ2) is 9.82. The number of benzene rings is 1. The SMILES string of the molecule is COCCC(=O)N1CCO[C@](Cc2cccc(-c3ccncc3)c2)(C(=O)N(C)C)C1. The monoisotopic (exact) mass is 411 g/mol. The molecule has 0 bridgehead atoms. The summed E-state index contributed by atoms with van der Waals surface area (Å²) in [5, 5.41) is 0. The molecule has 1 atom stereocenters. The molecule has 160 valence electrons. The normalized spacial score (nSPS) is 18.8. The van der Waals surface area contributed by atoms with Crippen LogP contribution in [-0.4, -0.2) is 79.7 Å². The van der Waals surface area contributed by atoms with Gasteiger partial charge in [-0.2, -0.15) is 0 Å². The molecule has 0 N–H and O–H groups in total. The van der Waals surface area contributed by atoms with Crippen molar-refractivity contribution in [2.24, 2.45) is 0 Å². The van der Waals surface area contributed by atoms with E-state index < -0.39 is 5.60 Å². The number of pyridine rings is 1. The number of ether oxygens (including phenoxy) is 2. The molecule has 1 saturated heterocycles. The van der Waals surface area contributed by atoms with Gasteiger partial charge in [-0.25, -0.2) is 0 Å². The minimum atomic E-state index is -1.11. The van der Waals surface area contributed by atoms with Gasteiger partial charge in [0.2, 0.25) is 5.91 Å². The van der Waals surface area contributed by atoms with Crippen molar-refractivity contribution in [2.45, 2.75) is 18.4 Å². The average Bonchev–Trinajstić information content (AvgIpc) is 2.77. The lowest BCUT2D eigenvalue weighted by atomic mass is 9.89. The predicted molar refractivity (Wildman–Crippen MR) is 114 cm³/mol. The summed E-state index contributed by atoms with van der Waals surface area (Å²) in [6.45, 7) is 1.38. The summed E-state index contributed by atoms with van der Waals surface area (Å²) in [4.78, 5) is 33.1. The Labute approximate surface area is 177 Å². The highest BCUT2D eigenvalue weighted by Gasteiger charge is 2.45. The number of hydrogen-bond donors (Lipinski definition) is 0. The Bertz CT molecular complexity index is 872. The third-order valence-electron chi connectivity index (χ3n) is 5.28. The molecule has 1 fully saturated rings. The zero-order chi connectivity index (χ0) is 21.6. The molecule has 7 nitrogen and oxygen atoms in total. The van der Waals surface area contributed by atoms with Crippen LogP contribution in [0.5, 0.6) is 0 Å². The highest BCUT2D eigenvalue weighted by molar-refractivity contribution is 5.87. The van der Waals surface area contributed by atoms with Crippen molar-refractivity contribution >= 4 is 11.8 Å². The number of likely N-dealkylation sites (N-methyl/N-ethyl adjacent to an activating group) is 1. The van der Waals surface area contributed by atoms with E-state index >= 15 is 0 Å². The van der Waals surface area contributed by atoms with Crippen LogP contribution in [0.1, 0.15) is 12.0 Å². The van der Waals surface area contributed by atoms with Crippen molar-refractivity contribution in [3.63, 3.8) is 0 Å². The van der Waals surface area contributed by atoms with Crippen molar-refractivity contribution in [2.75, 3.05) is 47.5 Å². The summed E-state index contributed by atoms with van der Waals surface area (Å²) >= 11 is 0. The highest BCUT2D eigenvalue weighted by atomic mass is 16.5. The maximum absolute atomic E-state index is 13.2. The lowest BCUT2D eigenvalue weighted by Gasteiger charge is -2.43. The predicted octanol–water partition coefficient (Wildman–Crippen LogP) is 2.01. The first-order chi connectivity index (χ1) is 14.4. The number of hydrogen-bond acceptors (Lipinski definition) is 5. The van der Waals surface area contributed by atoms with E-state index in [2.05, 4.69) is 11.1 Å². The van der Waals surface area contributed by atoms with E-state index in [0.717, 1.165) is 16.7 Å². The minimum Gasteiger partial charge on any atom is -0.384 e. The van der Waals surface area contributed by atoms with Crippen LogP contribution in [0.3, 0.4) is 0 Å². The molecule has 1 aliphatic heterocycles. The summed E-state index contributed by atoms with van der Waals surface area (Å²) in [7, 11) is 5.00. The van der Waals surface area contributed by atoms with Crippen LogP contribution in [0, 0.1) is 0 Å². The van der Waals surface area contributed by atoms with Gasteiger partial charge in [0.05, 0.1) is 26.2 Å². The molecular weight excluding hydrogens is 382 g/mol. The molecule has 3 rings (SSSR count). The van der Waals surface area contributed by atoms with Crippen LogP contribution < -0.4 is 0 Å². The summed E-state index contributed by atoms with van der Waals surface area (Å²) in [5.41, 5.74) is 1.97. The van der Waals surface area contributed by atoms with Crippen LogP contribution in [0.15, 0.2) is 48.8 Å². The van der Waals surface area contributed by atoms with Gasteiger partial charge in [-0.05, 0) is 28.8 Å². The van der Waals surface area contributed by atoms with E-state index in [1.54, 1.807) is 38.5 Å². The molecule has 0 radical (unpaired) electrons. The third-order valence-corrected chi connectivity index (χ3v) is 5.28. The van der Waals surface area contributed by atoms with Crippen molar-refractivity contribution in [3.05, 3.63) is 54.4 Å². The molecule has 1 aromatic heterocycles. The molecule has 1 aliphatic rings. The van der Waals surface area contributed by atoms with Crippen LogP contribution in [-0.2, 0) is 25.5 Å². The van der Waals surface area contributed by atoms with Crippen molar-refractivity contribution in [3.8, 4) is 11.1 Å². The molecule has 0 saturated carbocycles. The number of amides is 2. The number of methoxy groups -OCH3 is 1. The van der Waals surface area contributed by atoms with Crippen LogP contribution in [0.2, 0.25) is 0 Å². The van der Waals surface area contributed by atoms with E-state index in [-0.39, 0.29) is 18.4 Å². The Kier molecular flexibility index (Phi) is 7.18. The van der Waals surface area contributed by atoms with Gasteiger partial charge in [-0.15, -0.1) is 0 Å². The summed E-state index contributed by atoms with van der Waals surface area (Å²) < 4.78 is 11.1. The van der Waals surface area contributed by atoms with Gasteiger partial charge >= 0.3 is 0 Å². The maximum atomic E-state index is 13.2. The number of rotatable bonds is 7. The highest BCUT2D eigenvalue weighted by Crippen LogP contribution is 2.28. The first kappa shape index (κ1) is 21.9. The molecule has 0 aliphatic carbocycles. The molecule has 7 heteroatoms. The van der Waals surface area contributed by atoms with Crippen molar-refractivity contribution in [1.82, 2.24) is 14.8 Å². The molecule has 0 unspecified atom stereocenters. The fourth-order valence-corrected chi connectivity index (χ4v) is 3.80. The van der Waals surface area contributed by atoms with Crippen LogP contribution in [0.4, 0.5) is 0 Å². The second-order valence-electron chi connectivity index (χ2n) is 7.71. The van der Waals surface area contributed by atoms with E-state index in [1.807, 2.05) is 30.3 Å². The summed E-state index contributed by atoms with van der Waals surface area (Å²) in [5.74, 6) is -0.164. The summed E-state index contributed by atoms with van der Waals surface area (Å²) in [6, 6.07) is 12.0. The van der Waals surface area contributed by atoms with Gasteiger partial charge in [0.15, 0.2) is 5.60 Å². The molecule has 0 spiro atoms. The smallest absolute Gasteiger partial charge is 0.256 e. The fraction of sp³-hybridized carbons (Fsp3) is 0.435.